The Balaban J connectivity index is 1.93. The maximum Gasteiger partial charge on any atom is 0.226 e. The average Bonchev–Trinajstić information content (AvgIpc) is 2.49. The lowest BCUT2D eigenvalue weighted by atomic mass is 10.1. The third kappa shape index (κ3) is 2.69. The number of aromatic nitrogens is 2. The molecule has 1 fully saturated rings. The van der Waals surface area contributed by atoms with Crippen LogP contribution >= 0.6 is 11.6 Å². The summed E-state index contributed by atoms with van der Waals surface area (Å²) in [6.45, 7) is 3.09. The quantitative estimate of drug-likeness (QED) is 0.844. The fraction of sp³-hybridized carbons (Fsp3) is 0.286. The molecule has 0 unspecified atom stereocenters. The van der Waals surface area contributed by atoms with Crippen LogP contribution in [0.4, 0.5) is 5.95 Å². The summed E-state index contributed by atoms with van der Waals surface area (Å²) in [5, 5.41) is 0.703. The molecule has 0 atom stereocenters. The summed E-state index contributed by atoms with van der Waals surface area (Å²) in [5.41, 5.74) is 1.78. The molecule has 0 amide bonds. The van der Waals surface area contributed by atoms with E-state index < -0.39 is 0 Å². The molecule has 2 heterocycles. The Labute approximate surface area is 117 Å². The van der Waals surface area contributed by atoms with Gasteiger partial charge < -0.3 is 9.64 Å². The third-order valence-corrected chi connectivity index (χ3v) is 3.42. The zero-order chi connectivity index (χ0) is 13.1. The van der Waals surface area contributed by atoms with E-state index in [1.54, 1.807) is 6.20 Å². The molecule has 98 valence electrons. The molecule has 1 aromatic carbocycles. The summed E-state index contributed by atoms with van der Waals surface area (Å²) < 4.78 is 5.34. The molecule has 19 heavy (non-hydrogen) atoms. The van der Waals surface area contributed by atoms with Crippen molar-refractivity contribution < 1.29 is 4.74 Å². The normalized spacial score (nSPS) is 15.5. The fourth-order valence-corrected chi connectivity index (χ4v) is 2.32. The van der Waals surface area contributed by atoms with E-state index in [-0.39, 0.29) is 0 Å². The van der Waals surface area contributed by atoms with Crippen LogP contribution in [-0.4, -0.2) is 36.3 Å². The van der Waals surface area contributed by atoms with Gasteiger partial charge in [-0.05, 0) is 12.1 Å². The van der Waals surface area contributed by atoms with Crippen LogP contribution in [0.25, 0.3) is 11.3 Å². The summed E-state index contributed by atoms with van der Waals surface area (Å²) >= 11 is 6.20. The maximum atomic E-state index is 6.20. The van der Waals surface area contributed by atoms with E-state index in [1.165, 1.54) is 0 Å². The molecule has 0 saturated carbocycles. The van der Waals surface area contributed by atoms with Crippen LogP contribution in [0.15, 0.2) is 36.5 Å². The van der Waals surface area contributed by atoms with Gasteiger partial charge in [0.1, 0.15) is 0 Å². The monoisotopic (exact) mass is 275 g/mol. The van der Waals surface area contributed by atoms with Crippen LogP contribution < -0.4 is 4.90 Å². The highest BCUT2D eigenvalue weighted by atomic mass is 35.5. The van der Waals surface area contributed by atoms with Gasteiger partial charge in [-0.1, -0.05) is 29.8 Å². The first-order valence-electron chi connectivity index (χ1n) is 6.25. The van der Waals surface area contributed by atoms with Crippen LogP contribution in [-0.2, 0) is 4.74 Å². The van der Waals surface area contributed by atoms with Gasteiger partial charge in [0.15, 0.2) is 0 Å². The molecule has 1 aliphatic rings. The van der Waals surface area contributed by atoms with E-state index in [0.29, 0.717) is 5.02 Å². The number of benzene rings is 1. The second-order valence-electron chi connectivity index (χ2n) is 4.32. The smallest absolute Gasteiger partial charge is 0.226 e. The highest BCUT2D eigenvalue weighted by Gasteiger charge is 2.14. The first-order chi connectivity index (χ1) is 9.34. The highest BCUT2D eigenvalue weighted by molar-refractivity contribution is 6.33. The molecular weight excluding hydrogens is 262 g/mol. The van der Waals surface area contributed by atoms with Gasteiger partial charge in [-0.15, -0.1) is 0 Å². The Kier molecular flexibility index (Phi) is 3.62. The zero-order valence-electron chi connectivity index (χ0n) is 10.4. The molecule has 1 saturated heterocycles. The Hall–Kier alpha value is -1.65. The van der Waals surface area contributed by atoms with Crippen LogP contribution in [0, 0.1) is 0 Å². The van der Waals surface area contributed by atoms with Crippen LogP contribution in [0.1, 0.15) is 0 Å². The minimum Gasteiger partial charge on any atom is -0.378 e. The van der Waals surface area contributed by atoms with E-state index in [1.807, 2.05) is 30.3 Å². The van der Waals surface area contributed by atoms with Gasteiger partial charge >= 0.3 is 0 Å². The molecule has 5 heteroatoms. The second-order valence-corrected chi connectivity index (χ2v) is 4.73. The molecule has 0 N–H and O–H groups in total. The van der Waals surface area contributed by atoms with Gasteiger partial charge in [0.2, 0.25) is 5.95 Å². The van der Waals surface area contributed by atoms with Crippen molar-refractivity contribution in [1.82, 2.24) is 9.97 Å². The number of morpholine rings is 1. The van der Waals surface area contributed by atoms with Crippen molar-refractivity contribution in [2.75, 3.05) is 31.2 Å². The van der Waals surface area contributed by atoms with Gasteiger partial charge in [-0.25, -0.2) is 9.97 Å². The van der Waals surface area contributed by atoms with Gasteiger partial charge in [-0.3, -0.25) is 0 Å². The highest BCUT2D eigenvalue weighted by Crippen LogP contribution is 2.26. The summed E-state index contributed by atoms with van der Waals surface area (Å²) in [6, 6.07) is 9.58. The van der Waals surface area contributed by atoms with E-state index >= 15 is 0 Å². The second kappa shape index (κ2) is 5.55. The topological polar surface area (TPSA) is 38.2 Å². The number of halogens is 1. The van der Waals surface area contributed by atoms with Crippen molar-refractivity contribution in [3.63, 3.8) is 0 Å². The number of ether oxygens (including phenoxy) is 1. The molecule has 0 spiro atoms. The number of anilines is 1. The van der Waals surface area contributed by atoms with Crippen LogP contribution in [0.2, 0.25) is 5.02 Å². The lowest BCUT2D eigenvalue weighted by molar-refractivity contribution is 0.122. The van der Waals surface area contributed by atoms with Crippen molar-refractivity contribution in [3.8, 4) is 11.3 Å². The van der Waals surface area contributed by atoms with Crippen molar-refractivity contribution in [3.05, 3.63) is 41.6 Å². The lowest BCUT2D eigenvalue weighted by Gasteiger charge is -2.26. The number of rotatable bonds is 2. The number of nitrogens with zero attached hydrogens (tertiary/aromatic N) is 3. The summed E-state index contributed by atoms with van der Waals surface area (Å²) in [4.78, 5) is 11.1. The van der Waals surface area contributed by atoms with Gasteiger partial charge in [0, 0.05) is 29.9 Å². The Morgan fingerprint density at radius 2 is 1.89 bits per heavy atom. The number of hydrogen-bond donors (Lipinski definition) is 0. The predicted molar refractivity (Wildman–Crippen MR) is 75.5 cm³/mol. The Bertz CT molecular complexity index is 570. The van der Waals surface area contributed by atoms with E-state index in [0.717, 1.165) is 43.5 Å². The first-order valence-corrected chi connectivity index (χ1v) is 6.63. The molecule has 2 aromatic rings. The number of hydrogen-bond acceptors (Lipinski definition) is 4. The van der Waals surface area contributed by atoms with E-state index in [9.17, 15) is 0 Å². The summed E-state index contributed by atoms with van der Waals surface area (Å²) in [5.74, 6) is 0.737. The van der Waals surface area contributed by atoms with Crippen molar-refractivity contribution >= 4 is 17.5 Å². The lowest BCUT2D eigenvalue weighted by Crippen LogP contribution is -2.37. The third-order valence-electron chi connectivity index (χ3n) is 3.09. The van der Waals surface area contributed by atoms with Gasteiger partial charge in [0.25, 0.3) is 0 Å². The van der Waals surface area contributed by atoms with Crippen LogP contribution in [0.5, 0.6) is 0 Å². The largest absolute Gasteiger partial charge is 0.378 e. The van der Waals surface area contributed by atoms with Crippen LogP contribution in [0.3, 0.4) is 0 Å². The predicted octanol–water partition coefficient (Wildman–Crippen LogP) is 2.63. The SMILES string of the molecule is Clc1ccccc1-c1ccnc(N2CCOCC2)n1. The zero-order valence-corrected chi connectivity index (χ0v) is 11.2. The fourth-order valence-electron chi connectivity index (χ4n) is 2.08. The Morgan fingerprint density at radius 3 is 2.68 bits per heavy atom. The summed E-state index contributed by atoms with van der Waals surface area (Å²) in [6.07, 6.45) is 1.77. The molecule has 1 aliphatic heterocycles. The van der Waals surface area contributed by atoms with Gasteiger partial charge in [0.05, 0.1) is 18.9 Å². The molecule has 0 aliphatic carbocycles. The minimum atomic E-state index is 0.703. The first kappa shape index (κ1) is 12.4. The van der Waals surface area contributed by atoms with Gasteiger partial charge in [-0.2, -0.15) is 0 Å². The molecule has 0 bridgehead atoms. The molecule has 1 aromatic heterocycles. The van der Waals surface area contributed by atoms with E-state index in [2.05, 4.69) is 14.9 Å². The molecule has 0 radical (unpaired) electrons. The van der Waals surface area contributed by atoms with E-state index in [4.69, 9.17) is 16.3 Å². The Morgan fingerprint density at radius 1 is 1.11 bits per heavy atom. The maximum absolute atomic E-state index is 6.20. The molecule has 3 rings (SSSR count). The molecule has 4 nitrogen and oxygen atoms in total. The standard InChI is InChI=1S/C14H14ClN3O/c15-12-4-2-1-3-11(12)13-5-6-16-14(17-13)18-7-9-19-10-8-18/h1-6H,7-10H2. The average molecular weight is 276 g/mol. The van der Waals surface area contributed by atoms with Crippen molar-refractivity contribution in [1.29, 1.82) is 0 Å². The summed E-state index contributed by atoms with van der Waals surface area (Å²) in [7, 11) is 0. The minimum absolute atomic E-state index is 0.703. The van der Waals surface area contributed by atoms with Crippen molar-refractivity contribution in [2.24, 2.45) is 0 Å². The van der Waals surface area contributed by atoms with Crippen molar-refractivity contribution in [2.45, 2.75) is 0 Å². The molecular formula is C14H14ClN3O.